The van der Waals surface area contributed by atoms with Crippen molar-refractivity contribution >= 4 is 20.9 Å². The number of aromatic nitrogens is 3. The highest BCUT2D eigenvalue weighted by Gasteiger charge is 2.21. The van der Waals surface area contributed by atoms with E-state index < -0.39 is 16.0 Å². The minimum Gasteiger partial charge on any atom is -0.316 e. The van der Waals surface area contributed by atoms with Gasteiger partial charge in [-0.15, -0.1) is 0 Å². The minimum absolute atomic E-state index is 0.108. The van der Waals surface area contributed by atoms with Gasteiger partial charge in [-0.25, -0.2) is 17.4 Å². The Bertz CT molecular complexity index is 1320. The predicted octanol–water partition coefficient (Wildman–Crippen LogP) is 3.43. The second-order valence-electron chi connectivity index (χ2n) is 7.11. The van der Waals surface area contributed by atoms with Crippen molar-refractivity contribution in [2.75, 3.05) is 7.05 Å². The van der Waals surface area contributed by atoms with Gasteiger partial charge in [0.15, 0.2) is 0 Å². The molecule has 0 bridgehead atoms. The second kappa shape index (κ2) is 7.97. The monoisotopic (exact) mass is 424 g/mol. The molecule has 0 aliphatic heterocycles. The lowest BCUT2D eigenvalue weighted by Crippen LogP contribution is -2.12. The summed E-state index contributed by atoms with van der Waals surface area (Å²) in [6.45, 7) is 2.25. The van der Waals surface area contributed by atoms with E-state index in [-0.39, 0.29) is 4.90 Å². The molecule has 6 nitrogen and oxygen atoms in total. The van der Waals surface area contributed by atoms with Crippen LogP contribution in [0.25, 0.3) is 10.9 Å². The van der Waals surface area contributed by atoms with Crippen LogP contribution in [-0.2, 0) is 23.0 Å². The quantitative estimate of drug-likeness (QED) is 0.480. The van der Waals surface area contributed by atoms with Gasteiger partial charge in [-0.3, -0.25) is 4.98 Å². The van der Waals surface area contributed by atoms with Gasteiger partial charge >= 0.3 is 0 Å². The maximum atomic E-state index is 14.2. The lowest BCUT2D eigenvalue weighted by atomic mass is 10.0. The average molecular weight is 425 g/mol. The molecular weight excluding hydrogens is 403 g/mol. The minimum atomic E-state index is -3.83. The highest BCUT2D eigenvalue weighted by atomic mass is 32.2. The Morgan fingerprint density at radius 3 is 2.67 bits per heavy atom. The number of fused-ring (bicyclic) bond motifs is 1. The van der Waals surface area contributed by atoms with Crippen LogP contribution in [-0.4, -0.2) is 29.4 Å². The first kappa shape index (κ1) is 20.2. The zero-order valence-electron chi connectivity index (χ0n) is 16.6. The second-order valence-corrected chi connectivity index (χ2v) is 8.92. The molecule has 0 amide bonds. The molecule has 4 rings (SSSR count). The first-order chi connectivity index (χ1) is 14.4. The highest BCUT2D eigenvalue weighted by Crippen LogP contribution is 2.28. The third kappa shape index (κ3) is 3.71. The number of hydrogen-bond acceptors (Lipinski definition) is 5. The summed E-state index contributed by atoms with van der Waals surface area (Å²) in [6, 6.07) is 12.1. The van der Waals surface area contributed by atoms with Gasteiger partial charge in [-0.05, 0) is 49.4 Å². The molecule has 0 fully saturated rings. The van der Waals surface area contributed by atoms with E-state index in [1.807, 2.05) is 12.1 Å². The van der Waals surface area contributed by atoms with Crippen molar-refractivity contribution < 1.29 is 12.8 Å². The molecule has 1 N–H and O–H groups in total. The third-order valence-electron chi connectivity index (χ3n) is 4.94. The lowest BCUT2D eigenvalue weighted by molar-refractivity contribution is 0.566. The van der Waals surface area contributed by atoms with E-state index in [1.54, 1.807) is 44.4 Å². The van der Waals surface area contributed by atoms with Gasteiger partial charge < -0.3 is 5.32 Å². The molecule has 30 heavy (non-hydrogen) atoms. The van der Waals surface area contributed by atoms with E-state index in [9.17, 15) is 12.8 Å². The number of nitrogens with zero attached hydrogens (tertiary/aromatic N) is 3. The largest absolute Gasteiger partial charge is 0.316 e. The predicted molar refractivity (Wildman–Crippen MR) is 113 cm³/mol. The summed E-state index contributed by atoms with van der Waals surface area (Å²) in [7, 11) is -2.02. The fourth-order valence-corrected chi connectivity index (χ4v) is 4.82. The third-order valence-corrected chi connectivity index (χ3v) is 6.59. The van der Waals surface area contributed by atoms with Gasteiger partial charge in [0, 0.05) is 48.2 Å². The van der Waals surface area contributed by atoms with Crippen LogP contribution in [0.2, 0.25) is 0 Å². The molecule has 1 aromatic carbocycles. The average Bonchev–Trinajstić information content (AvgIpc) is 3.10. The Kier molecular flexibility index (Phi) is 5.36. The number of benzene rings is 1. The normalized spacial score (nSPS) is 11.8. The van der Waals surface area contributed by atoms with Crippen molar-refractivity contribution in [3.05, 3.63) is 89.4 Å². The highest BCUT2D eigenvalue weighted by molar-refractivity contribution is 7.90. The molecule has 0 saturated carbocycles. The molecule has 0 spiro atoms. The molecule has 3 heterocycles. The van der Waals surface area contributed by atoms with E-state index >= 15 is 0 Å². The van der Waals surface area contributed by atoms with Crippen LogP contribution in [0, 0.1) is 12.9 Å². The van der Waals surface area contributed by atoms with Gasteiger partial charge in [0.25, 0.3) is 10.0 Å². The smallest absolute Gasteiger partial charge is 0.269 e. The maximum Gasteiger partial charge on any atom is 0.269 e. The van der Waals surface area contributed by atoms with Gasteiger partial charge in [0.2, 0.25) is 5.95 Å². The zero-order valence-corrected chi connectivity index (χ0v) is 17.4. The molecule has 0 saturated heterocycles. The molecule has 4 aromatic rings. The van der Waals surface area contributed by atoms with Crippen LogP contribution in [0.5, 0.6) is 0 Å². The van der Waals surface area contributed by atoms with Crippen LogP contribution in [0.3, 0.4) is 0 Å². The molecule has 0 atom stereocenters. The van der Waals surface area contributed by atoms with Crippen LogP contribution in [0.4, 0.5) is 4.39 Å². The van der Waals surface area contributed by atoms with Crippen molar-refractivity contribution in [2.45, 2.75) is 24.8 Å². The van der Waals surface area contributed by atoms with Crippen LogP contribution < -0.4 is 5.32 Å². The summed E-state index contributed by atoms with van der Waals surface area (Å²) < 4.78 is 42.0. The molecule has 154 valence electrons. The summed E-state index contributed by atoms with van der Waals surface area (Å²) in [4.78, 5) is 7.92. The summed E-state index contributed by atoms with van der Waals surface area (Å²) in [6.07, 6.45) is 4.80. The number of halogens is 1. The van der Waals surface area contributed by atoms with E-state index in [2.05, 4.69) is 15.3 Å². The number of pyridine rings is 2. The van der Waals surface area contributed by atoms with Gasteiger partial charge in [0.05, 0.1) is 5.52 Å². The van der Waals surface area contributed by atoms with Crippen LogP contribution >= 0.6 is 0 Å². The molecule has 3 aromatic heterocycles. The van der Waals surface area contributed by atoms with Crippen molar-refractivity contribution in [2.24, 2.45) is 0 Å². The lowest BCUT2D eigenvalue weighted by Gasteiger charge is -2.09. The van der Waals surface area contributed by atoms with Crippen LogP contribution in [0.1, 0.15) is 22.4 Å². The van der Waals surface area contributed by atoms with Gasteiger partial charge in [-0.2, -0.15) is 4.39 Å². The molecule has 8 heteroatoms. The molecule has 0 radical (unpaired) electrons. The fourth-order valence-electron chi connectivity index (χ4n) is 3.47. The SMILES string of the molecule is CNCc1cn(S(=O)(=O)c2cccnc2)c2cc(Cc3ccc(C)nc3F)ccc12. The number of nitrogens with one attached hydrogen (secondary N) is 1. The first-order valence-electron chi connectivity index (χ1n) is 9.45. The number of hydrogen-bond donors (Lipinski definition) is 1. The number of rotatable bonds is 6. The molecule has 0 unspecified atom stereocenters. The fraction of sp³-hybridized carbons (Fsp3) is 0.182. The van der Waals surface area contributed by atoms with Gasteiger partial charge in [-0.1, -0.05) is 18.2 Å². The number of aryl methyl sites for hydroxylation is 1. The van der Waals surface area contributed by atoms with Crippen molar-refractivity contribution in [1.29, 1.82) is 0 Å². The van der Waals surface area contributed by atoms with E-state index in [0.29, 0.717) is 29.7 Å². The standard InChI is InChI=1S/C22H21FN4O2S/c1-15-5-7-17(22(23)26-15)10-16-6-8-20-18(12-24-2)14-27(21(20)11-16)30(28,29)19-4-3-9-25-13-19/h3-9,11,13-14,24H,10,12H2,1-2H3. The van der Waals surface area contributed by atoms with Crippen molar-refractivity contribution in [3.8, 4) is 0 Å². The topological polar surface area (TPSA) is 76.9 Å². The molecule has 0 aliphatic carbocycles. The Morgan fingerprint density at radius 1 is 1.13 bits per heavy atom. The Labute approximate surface area is 174 Å². The van der Waals surface area contributed by atoms with E-state index in [0.717, 1.165) is 16.5 Å². The zero-order chi connectivity index (χ0) is 21.3. The summed E-state index contributed by atoms with van der Waals surface area (Å²) in [5.74, 6) is -0.510. The summed E-state index contributed by atoms with van der Waals surface area (Å²) in [5, 5.41) is 3.89. The summed E-state index contributed by atoms with van der Waals surface area (Å²) in [5.41, 5.74) is 3.27. The Balaban J connectivity index is 1.85. The van der Waals surface area contributed by atoms with E-state index in [4.69, 9.17) is 0 Å². The summed E-state index contributed by atoms with van der Waals surface area (Å²) >= 11 is 0. The molecular formula is C22H21FN4O2S. The maximum absolute atomic E-state index is 14.2. The van der Waals surface area contributed by atoms with Crippen LogP contribution in [0.15, 0.2) is 66.0 Å². The Morgan fingerprint density at radius 2 is 1.97 bits per heavy atom. The Hall–Kier alpha value is -3.10. The van der Waals surface area contributed by atoms with Crippen molar-refractivity contribution in [3.63, 3.8) is 0 Å². The first-order valence-corrected chi connectivity index (χ1v) is 10.9. The molecule has 0 aliphatic rings. The van der Waals surface area contributed by atoms with Crippen molar-refractivity contribution in [1.82, 2.24) is 19.3 Å². The van der Waals surface area contributed by atoms with Gasteiger partial charge in [0.1, 0.15) is 4.90 Å². The van der Waals surface area contributed by atoms with E-state index in [1.165, 1.54) is 22.4 Å².